The Bertz CT molecular complexity index is 320. The summed E-state index contributed by atoms with van der Waals surface area (Å²) in [6.45, 7) is -2.89. The van der Waals surface area contributed by atoms with E-state index in [1.165, 1.54) is 0 Å². The van der Waals surface area contributed by atoms with Crippen molar-refractivity contribution in [3.05, 3.63) is 26.1 Å². The highest BCUT2D eigenvalue weighted by molar-refractivity contribution is 9.11. The van der Waals surface area contributed by atoms with Gasteiger partial charge in [-0.1, -0.05) is 11.6 Å². The van der Waals surface area contributed by atoms with Crippen LogP contribution in [0.1, 0.15) is 0 Å². The Kier molecular flexibility index (Phi) is 3.94. The molecule has 0 aromatic heterocycles. The number of hydrogen-bond acceptors (Lipinski definition) is 1. The Morgan fingerprint density at radius 1 is 1.23 bits per heavy atom. The van der Waals surface area contributed by atoms with E-state index in [9.17, 15) is 8.78 Å². The molecule has 72 valence electrons. The minimum absolute atomic E-state index is 0.0639. The highest BCUT2D eigenvalue weighted by atomic mass is 79.9. The predicted molar refractivity (Wildman–Crippen MR) is 53.5 cm³/mol. The van der Waals surface area contributed by atoms with Crippen LogP contribution in [-0.4, -0.2) is 6.61 Å². The third-order valence-electron chi connectivity index (χ3n) is 1.21. The molecular weight excluding hydrogens is 333 g/mol. The van der Waals surface area contributed by atoms with Gasteiger partial charge in [-0.3, -0.25) is 0 Å². The van der Waals surface area contributed by atoms with E-state index < -0.39 is 6.61 Å². The molecule has 1 nitrogen and oxygen atoms in total. The van der Waals surface area contributed by atoms with Crippen LogP contribution in [0.2, 0.25) is 5.02 Å². The maximum atomic E-state index is 11.9. The molecule has 0 spiro atoms. The Morgan fingerprint density at radius 2 is 1.77 bits per heavy atom. The molecule has 0 fully saturated rings. The average molecular weight is 336 g/mol. The summed E-state index contributed by atoms with van der Waals surface area (Å²) >= 11 is 11.8. The van der Waals surface area contributed by atoms with Crippen molar-refractivity contribution in [2.75, 3.05) is 0 Å². The summed E-state index contributed by atoms with van der Waals surface area (Å²) in [5.74, 6) is -0.0639. The number of alkyl halides is 2. The summed E-state index contributed by atoms with van der Waals surface area (Å²) in [5.41, 5.74) is 0. The summed E-state index contributed by atoms with van der Waals surface area (Å²) in [6, 6.07) is 3.19. The first-order valence-corrected chi connectivity index (χ1v) is 5.07. The Morgan fingerprint density at radius 3 is 2.31 bits per heavy atom. The van der Waals surface area contributed by atoms with Crippen LogP contribution in [0.25, 0.3) is 0 Å². The van der Waals surface area contributed by atoms with Gasteiger partial charge in [-0.2, -0.15) is 8.78 Å². The fraction of sp³-hybridized carbons (Fsp3) is 0.143. The van der Waals surface area contributed by atoms with Crippen molar-refractivity contribution in [2.24, 2.45) is 0 Å². The van der Waals surface area contributed by atoms with Crippen molar-refractivity contribution >= 4 is 43.5 Å². The molecule has 0 aliphatic carbocycles. The molecule has 0 unspecified atom stereocenters. The molecule has 0 aliphatic rings. The van der Waals surface area contributed by atoms with E-state index in [0.29, 0.717) is 8.95 Å². The van der Waals surface area contributed by atoms with Gasteiger partial charge in [0.05, 0.1) is 9.50 Å². The van der Waals surface area contributed by atoms with Gasteiger partial charge >= 0.3 is 6.61 Å². The van der Waals surface area contributed by atoms with Crippen molar-refractivity contribution in [1.29, 1.82) is 0 Å². The number of halogens is 5. The van der Waals surface area contributed by atoms with Gasteiger partial charge in [0, 0.05) is 4.47 Å². The lowest BCUT2D eigenvalue weighted by atomic mass is 10.3. The molecule has 0 aliphatic heterocycles. The van der Waals surface area contributed by atoms with Crippen LogP contribution in [0.4, 0.5) is 8.78 Å². The normalized spacial score (nSPS) is 10.6. The standard InChI is InChI=1S/C7H3Br2ClF2O/c8-3-1-2-4(9)6(5(3)10)13-7(11)12/h1-2,7H. The second-order valence-corrected chi connectivity index (χ2v) is 4.14. The second-order valence-electron chi connectivity index (χ2n) is 2.05. The van der Waals surface area contributed by atoms with E-state index in [4.69, 9.17) is 11.6 Å². The van der Waals surface area contributed by atoms with Crippen molar-refractivity contribution in [3.8, 4) is 5.75 Å². The van der Waals surface area contributed by atoms with Crippen LogP contribution < -0.4 is 4.74 Å². The van der Waals surface area contributed by atoms with Crippen molar-refractivity contribution in [1.82, 2.24) is 0 Å². The summed E-state index contributed by atoms with van der Waals surface area (Å²) in [5, 5.41) is 0.120. The number of benzene rings is 1. The Hall–Kier alpha value is 0.130. The van der Waals surface area contributed by atoms with Crippen molar-refractivity contribution in [2.45, 2.75) is 6.61 Å². The molecule has 0 amide bonds. The number of ether oxygens (including phenoxy) is 1. The van der Waals surface area contributed by atoms with Gasteiger partial charge in [0.25, 0.3) is 0 Å². The molecule has 0 heterocycles. The molecular formula is C7H3Br2ClF2O. The zero-order chi connectivity index (χ0) is 10.0. The lowest BCUT2D eigenvalue weighted by Crippen LogP contribution is -2.03. The molecule has 1 aromatic carbocycles. The molecule has 13 heavy (non-hydrogen) atoms. The first-order valence-electron chi connectivity index (χ1n) is 3.10. The summed E-state index contributed by atoms with van der Waals surface area (Å²) in [6.07, 6.45) is 0. The molecule has 0 saturated heterocycles. The Balaban J connectivity index is 3.10. The van der Waals surface area contributed by atoms with Gasteiger partial charge in [0.1, 0.15) is 0 Å². The number of rotatable bonds is 2. The van der Waals surface area contributed by atoms with Crippen LogP contribution in [0, 0.1) is 0 Å². The van der Waals surface area contributed by atoms with Gasteiger partial charge in [0.15, 0.2) is 5.75 Å². The fourth-order valence-electron chi connectivity index (χ4n) is 0.706. The highest BCUT2D eigenvalue weighted by Crippen LogP contribution is 2.38. The minimum Gasteiger partial charge on any atom is -0.432 e. The third-order valence-corrected chi connectivity index (χ3v) is 3.10. The monoisotopic (exact) mass is 334 g/mol. The SMILES string of the molecule is FC(F)Oc1c(Br)ccc(Br)c1Cl. The van der Waals surface area contributed by atoms with Gasteiger partial charge in [-0.15, -0.1) is 0 Å². The first kappa shape index (κ1) is 11.2. The van der Waals surface area contributed by atoms with Gasteiger partial charge in [0.2, 0.25) is 0 Å². The zero-order valence-electron chi connectivity index (χ0n) is 6.03. The van der Waals surface area contributed by atoms with E-state index in [0.717, 1.165) is 0 Å². The highest BCUT2D eigenvalue weighted by Gasteiger charge is 2.14. The van der Waals surface area contributed by atoms with Gasteiger partial charge in [-0.05, 0) is 44.0 Å². The number of hydrogen-bond donors (Lipinski definition) is 0. The largest absolute Gasteiger partial charge is 0.432 e. The molecule has 0 saturated carbocycles. The van der Waals surface area contributed by atoms with Crippen molar-refractivity contribution < 1.29 is 13.5 Å². The van der Waals surface area contributed by atoms with Gasteiger partial charge in [-0.25, -0.2) is 0 Å². The van der Waals surface area contributed by atoms with E-state index in [2.05, 4.69) is 36.6 Å². The minimum atomic E-state index is -2.89. The predicted octanol–water partition coefficient (Wildman–Crippen LogP) is 4.47. The zero-order valence-corrected chi connectivity index (χ0v) is 9.96. The molecule has 0 bridgehead atoms. The van der Waals surface area contributed by atoms with E-state index >= 15 is 0 Å². The first-order chi connectivity index (χ1) is 6.02. The Labute approximate surface area is 95.3 Å². The van der Waals surface area contributed by atoms with Crippen LogP contribution >= 0.6 is 43.5 Å². The fourth-order valence-corrected chi connectivity index (χ4v) is 1.77. The van der Waals surface area contributed by atoms with Crippen LogP contribution in [0.5, 0.6) is 5.75 Å². The summed E-state index contributed by atoms with van der Waals surface area (Å²) < 4.78 is 28.9. The molecule has 0 radical (unpaired) electrons. The lowest BCUT2D eigenvalue weighted by Gasteiger charge is -2.09. The maximum absolute atomic E-state index is 11.9. The van der Waals surface area contributed by atoms with Gasteiger partial charge < -0.3 is 4.74 Å². The molecule has 6 heteroatoms. The topological polar surface area (TPSA) is 9.23 Å². The van der Waals surface area contributed by atoms with E-state index in [-0.39, 0.29) is 10.8 Å². The molecule has 0 N–H and O–H groups in total. The van der Waals surface area contributed by atoms with E-state index in [1.807, 2.05) is 0 Å². The lowest BCUT2D eigenvalue weighted by molar-refractivity contribution is -0.0503. The maximum Gasteiger partial charge on any atom is 0.387 e. The molecule has 0 atom stereocenters. The summed E-state index contributed by atoms with van der Waals surface area (Å²) in [4.78, 5) is 0. The quantitative estimate of drug-likeness (QED) is 0.724. The molecule has 1 aromatic rings. The molecule has 1 rings (SSSR count). The van der Waals surface area contributed by atoms with E-state index in [1.54, 1.807) is 12.1 Å². The van der Waals surface area contributed by atoms with Crippen LogP contribution in [0.3, 0.4) is 0 Å². The smallest absolute Gasteiger partial charge is 0.387 e. The summed E-state index contributed by atoms with van der Waals surface area (Å²) in [7, 11) is 0. The van der Waals surface area contributed by atoms with Crippen LogP contribution in [-0.2, 0) is 0 Å². The average Bonchev–Trinajstić information content (AvgIpc) is 2.05. The van der Waals surface area contributed by atoms with Crippen molar-refractivity contribution in [3.63, 3.8) is 0 Å². The third kappa shape index (κ3) is 2.79. The van der Waals surface area contributed by atoms with Crippen LogP contribution in [0.15, 0.2) is 21.1 Å². The second kappa shape index (κ2) is 4.57.